The Morgan fingerprint density at radius 1 is 1.47 bits per heavy atom. The van der Waals surface area contributed by atoms with E-state index in [1.165, 1.54) is 12.1 Å². The largest absolute Gasteiger partial charge is 0.479 e. The summed E-state index contributed by atoms with van der Waals surface area (Å²) in [5, 5.41) is 28.2. The number of nitro groups is 1. The number of non-ortho nitro benzene ring substituents is 1. The van der Waals surface area contributed by atoms with Crippen LogP contribution in [0.1, 0.15) is 11.7 Å². The molecule has 0 spiro atoms. The van der Waals surface area contributed by atoms with Crippen molar-refractivity contribution in [2.24, 2.45) is 0 Å². The fourth-order valence-electron chi connectivity index (χ4n) is 1.00. The molecule has 6 nitrogen and oxygen atoms in total. The summed E-state index contributed by atoms with van der Waals surface area (Å²) >= 11 is 2.99. The van der Waals surface area contributed by atoms with E-state index < -0.39 is 17.0 Å². The summed E-state index contributed by atoms with van der Waals surface area (Å²) in [5.41, 5.74) is -0.316. The molecule has 0 aromatic heterocycles. The molecule has 0 heterocycles. The average molecular weight is 276 g/mol. The maximum atomic E-state index is 10.5. The molecule has 15 heavy (non-hydrogen) atoms. The number of benzene rings is 1. The lowest BCUT2D eigenvalue weighted by Gasteiger charge is -2.05. The van der Waals surface area contributed by atoms with Gasteiger partial charge in [-0.2, -0.15) is 0 Å². The van der Waals surface area contributed by atoms with E-state index in [0.29, 0.717) is 4.47 Å². The molecule has 0 aliphatic carbocycles. The van der Waals surface area contributed by atoms with Crippen LogP contribution in [-0.4, -0.2) is 21.1 Å². The number of aliphatic hydroxyl groups excluding tert-OH is 1. The van der Waals surface area contributed by atoms with Gasteiger partial charge in [-0.05, 0) is 11.6 Å². The number of carboxylic acid groups (broad SMARTS) is 1. The highest BCUT2D eigenvalue weighted by atomic mass is 79.9. The van der Waals surface area contributed by atoms with Crippen LogP contribution in [0.25, 0.3) is 0 Å². The van der Waals surface area contributed by atoms with E-state index in [9.17, 15) is 20.0 Å². The fourth-order valence-corrected chi connectivity index (χ4v) is 1.50. The summed E-state index contributed by atoms with van der Waals surface area (Å²) in [5.74, 6) is -1.46. The van der Waals surface area contributed by atoms with Crippen LogP contribution in [0.4, 0.5) is 5.69 Å². The highest BCUT2D eigenvalue weighted by molar-refractivity contribution is 9.10. The first-order valence-corrected chi connectivity index (χ1v) is 4.57. The molecule has 80 valence electrons. The molecular weight excluding hydrogens is 270 g/mol. The Hall–Kier alpha value is -1.47. The summed E-state index contributed by atoms with van der Waals surface area (Å²) in [4.78, 5) is 20.2. The molecule has 1 aromatic rings. The Morgan fingerprint density at radius 3 is 2.53 bits per heavy atom. The topological polar surface area (TPSA) is 101 Å². The number of nitrogens with zero attached hydrogens (tertiary/aromatic N) is 1. The van der Waals surface area contributed by atoms with Crippen molar-refractivity contribution in [3.05, 3.63) is 38.3 Å². The first kappa shape index (κ1) is 11.6. The first-order chi connectivity index (χ1) is 6.91. The Kier molecular flexibility index (Phi) is 3.38. The Morgan fingerprint density at radius 2 is 2.07 bits per heavy atom. The Bertz CT molecular complexity index is 419. The molecule has 0 aliphatic rings. The van der Waals surface area contributed by atoms with Crippen LogP contribution in [0.3, 0.4) is 0 Å². The number of carboxylic acids is 1. The van der Waals surface area contributed by atoms with Gasteiger partial charge in [-0.25, -0.2) is 4.79 Å². The van der Waals surface area contributed by atoms with Gasteiger partial charge in [0.25, 0.3) is 5.69 Å². The molecule has 7 heteroatoms. The smallest absolute Gasteiger partial charge is 0.337 e. The minimum atomic E-state index is -1.76. The lowest BCUT2D eigenvalue weighted by Crippen LogP contribution is -2.10. The van der Waals surface area contributed by atoms with Gasteiger partial charge in [-0.15, -0.1) is 0 Å². The lowest BCUT2D eigenvalue weighted by atomic mass is 10.1. The number of halogens is 1. The van der Waals surface area contributed by atoms with Crippen molar-refractivity contribution in [2.75, 3.05) is 0 Å². The van der Waals surface area contributed by atoms with Gasteiger partial charge in [-0.1, -0.05) is 15.9 Å². The summed E-state index contributed by atoms with van der Waals surface area (Å²) in [7, 11) is 0. The lowest BCUT2D eigenvalue weighted by molar-refractivity contribution is -0.385. The van der Waals surface area contributed by atoms with E-state index in [1.54, 1.807) is 0 Å². The number of aliphatic hydroxyl groups is 1. The first-order valence-electron chi connectivity index (χ1n) is 3.77. The Labute approximate surface area is 92.4 Å². The van der Waals surface area contributed by atoms with Crippen LogP contribution < -0.4 is 0 Å². The second-order valence-corrected chi connectivity index (χ2v) is 3.66. The standard InChI is InChI=1S/C8H6BrNO5/c9-5-1-4(7(11)8(12)13)2-6(3-5)10(14)15/h1-3,7,11H,(H,12,13). The molecule has 0 amide bonds. The van der Waals surface area contributed by atoms with Crippen LogP contribution in [-0.2, 0) is 4.79 Å². The zero-order valence-electron chi connectivity index (χ0n) is 7.25. The molecular formula is C8H6BrNO5. The quantitative estimate of drug-likeness (QED) is 0.643. The number of hydrogen-bond acceptors (Lipinski definition) is 4. The van der Waals surface area contributed by atoms with Gasteiger partial charge in [0, 0.05) is 16.6 Å². The van der Waals surface area contributed by atoms with Crippen molar-refractivity contribution in [2.45, 2.75) is 6.10 Å². The monoisotopic (exact) mass is 275 g/mol. The predicted octanol–water partition coefficient (Wildman–Crippen LogP) is 1.48. The normalized spacial score (nSPS) is 12.1. The molecule has 1 rings (SSSR count). The van der Waals surface area contributed by atoms with E-state index in [1.807, 2.05) is 0 Å². The van der Waals surface area contributed by atoms with E-state index >= 15 is 0 Å². The molecule has 1 unspecified atom stereocenters. The maximum absolute atomic E-state index is 10.5. The van der Waals surface area contributed by atoms with E-state index in [4.69, 9.17) is 5.11 Å². The number of rotatable bonds is 3. The zero-order chi connectivity index (χ0) is 11.6. The van der Waals surface area contributed by atoms with Crippen molar-refractivity contribution in [1.29, 1.82) is 0 Å². The Balaban J connectivity index is 3.20. The van der Waals surface area contributed by atoms with Crippen LogP contribution >= 0.6 is 15.9 Å². The van der Waals surface area contributed by atoms with Crippen molar-refractivity contribution in [3.63, 3.8) is 0 Å². The average Bonchev–Trinajstić information content (AvgIpc) is 2.15. The number of aliphatic carboxylic acids is 1. The molecule has 0 aliphatic heterocycles. The van der Waals surface area contributed by atoms with Gasteiger partial charge in [0.2, 0.25) is 0 Å². The summed E-state index contributed by atoms with van der Waals surface area (Å²) < 4.78 is 0.340. The van der Waals surface area contributed by atoms with Crippen LogP contribution in [0.5, 0.6) is 0 Å². The van der Waals surface area contributed by atoms with E-state index in [2.05, 4.69) is 15.9 Å². The number of hydrogen-bond donors (Lipinski definition) is 2. The highest BCUT2D eigenvalue weighted by Gasteiger charge is 2.19. The van der Waals surface area contributed by atoms with Crippen LogP contribution in [0, 0.1) is 10.1 Å². The van der Waals surface area contributed by atoms with Crippen molar-refractivity contribution >= 4 is 27.6 Å². The van der Waals surface area contributed by atoms with Crippen LogP contribution in [0.15, 0.2) is 22.7 Å². The molecule has 2 N–H and O–H groups in total. The SMILES string of the molecule is O=C(O)C(O)c1cc(Br)cc([N+](=O)[O-])c1. The van der Waals surface area contributed by atoms with Gasteiger partial charge in [-0.3, -0.25) is 10.1 Å². The third-order valence-corrected chi connectivity index (χ3v) is 2.12. The molecule has 1 atom stereocenters. The molecule has 0 bridgehead atoms. The predicted molar refractivity (Wildman–Crippen MR) is 53.4 cm³/mol. The third kappa shape index (κ3) is 2.74. The van der Waals surface area contributed by atoms with Crippen molar-refractivity contribution in [1.82, 2.24) is 0 Å². The van der Waals surface area contributed by atoms with Gasteiger partial charge in [0.05, 0.1) is 4.92 Å². The fraction of sp³-hybridized carbons (Fsp3) is 0.125. The minimum absolute atomic E-state index is 0.0384. The van der Waals surface area contributed by atoms with Gasteiger partial charge < -0.3 is 10.2 Å². The van der Waals surface area contributed by atoms with Gasteiger partial charge in [0.1, 0.15) is 0 Å². The summed E-state index contributed by atoms with van der Waals surface area (Å²) in [6.45, 7) is 0. The highest BCUT2D eigenvalue weighted by Crippen LogP contribution is 2.25. The molecule has 0 saturated carbocycles. The molecule has 0 fully saturated rings. The molecule has 1 aromatic carbocycles. The minimum Gasteiger partial charge on any atom is -0.479 e. The molecule has 0 radical (unpaired) electrons. The summed E-state index contributed by atoms with van der Waals surface area (Å²) in [6, 6.07) is 3.55. The zero-order valence-corrected chi connectivity index (χ0v) is 8.84. The molecule has 0 saturated heterocycles. The van der Waals surface area contributed by atoms with Gasteiger partial charge in [0.15, 0.2) is 6.10 Å². The number of nitro benzene ring substituents is 1. The van der Waals surface area contributed by atoms with E-state index in [0.717, 1.165) is 6.07 Å². The van der Waals surface area contributed by atoms with Crippen molar-refractivity contribution in [3.8, 4) is 0 Å². The van der Waals surface area contributed by atoms with Crippen molar-refractivity contribution < 1.29 is 19.9 Å². The number of carbonyl (C=O) groups is 1. The second-order valence-electron chi connectivity index (χ2n) is 2.74. The van der Waals surface area contributed by atoms with Gasteiger partial charge >= 0.3 is 5.97 Å². The third-order valence-electron chi connectivity index (χ3n) is 1.67. The maximum Gasteiger partial charge on any atom is 0.337 e. The summed E-state index contributed by atoms with van der Waals surface area (Å²) in [6.07, 6.45) is -1.76. The second kappa shape index (κ2) is 4.37. The van der Waals surface area contributed by atoms with Crippen LogP contribution in [0.2, 0.25) is 0 Å². The van der Waals surface area contributed by atoms with E-state index in [-0.39, 0.29) is 11.3 Å².